The number of carbonyl (C=O) groups is 3. The number of hydrogen-bond donors (Lipinski definition) is 1. The van der Waals surface area contributed by atoms with Gasteiger partial charge in [-0.25, -0.2) is 0 Å². The summed E-state index contributed by atoms with van der Waals surface area (Å²) in [7, 11) is 1.58. The zero-order chi connectivity index (χ0) is 27.2. The molecule has 1 N–H and O–H groups in total. The molecule has 2 saturated heterocycles. The van der Waals surface area contributed by atoms with Gasteiger partial charge < -0.3 is 29.1 Å². The number of amides is 2. The largest absolute Gasteiger partial charge is 0.497 e. The zero-order valence-corrected chi connectivity index (χ0v) is 22.3. The van der Waals surface area contributed by atoms with E-state index in [1.165, 1.54) is 4.90 Å². The van der Waals surface area contributed by atoms with E-state index in [-0.39, 0.29) is 37.5 Å². The molecule has 1 aromatic rings. The van der Waals surface area contributed by atoms with Crippen molar-refractivity contribution in [2.45, 2.75) is 56.9 Å². The van der Waals surface area contributed by atoms with Crippen molar-refractivity contribution >= 4 is 23.5 Å². The molecule has 0 bridgehead atoms. The number of methoxy groups -OCH3 is 1. The smallest absolute Gasteiger partial charge is 0.313 e. The molecule has 4 heterocycles. The van der Waals surface area contributed by atoms with E-state index in [0.29, 0.717) is 24.3 Å². The first kappa shape index (κ1) is 26.4. The molecule has 1 spiro atoms. The molecule has 5 rings (SSSR count). The number of anilines is 1. The summed E-state index contributed by atoms with van der Waals surface area (Å²) in [6.45, 7) is 5.90. The summed E-state index contributed by atoms with van der Waals surface area (Å²) in [6, 6.07) is 5.47. The first-order chi connectivity index (χ1) is 18.3. The third kappa shape index (κ3) is 3.70. The Hall–Kier alpha value is -3.17. The number of likely N-dealkylation sites (tertiary alicyclic amines) is 1. The molecule has 0 saturated carbocycles. The lowest BCUT2D eigenvalue weighted by Gasteiger charge is -2.42. The first-order valence-electron chi connectivity index (χ1n) is 13.4. The minimum Gasteiger partial charge on any atom is -0.497 e. The van der Waals surface area contributed by atoms with Crippen LogP contribution in [-0.2, 0) is 23.9 Å². The van der Waals surface area contributed by atoms with Crippen LogP contribution in [0.5, 0.6) is 5.75 Å². The highest BCUT2D eigenvalue weighted by Gasteiger charge is 2.76. The quantitative estimate of drug-likeness (QED) is 0.432. The Morgan fingerprint density at radius 1 is 1.08 bits per heavy atom. The molecule has 204 valence electrons. The maximum atomic E-state index is 14.5. The third-order valence-electron chi connectivity index (χ3n) is 8.86. The number of hydrogen-bond acceptors (Lipinski definition) is 7. The van der Waals surface area contributed by atoms with E-state index in [1.807, 2.05) is 32.9 Å². The number of esters is 1. The van der Waals surface area contributed by atoms with Gasteiger partial charge in [0.15, 0.2) is 0 Å². The van der Waals surface area contributed by atoms with Crippen LogP contribution in [0.1, 0.15) is 33.6 Å². The number of aliphatic hydroxyl groups is 1. The highest BCUT2D eigenvalue weighted by Crippen LogP contribution is 2.59. The van der Waals surface area contributed by atoms with Crippen molar-refractivity contribution in [1.82, 2.24) is 4.90 Å². The Morgan fingerprint density at radius 3 is 2.45 bits per heavy atom. The maximum Gasteiger partial charge on any atom is 0.313 e. The Kier molecular flexibility index (Phi) is 6.86. The van der Waals surface area contributed by atoms with Gasteiger partial charge in [0.2, 0.25) is 5.91 Å². The molecule has 7 atom stereocenters. The molecule has 0 aliphatic carbocycles. The number of nitrogens with zero attached hydrogens (tertiary/aromatic N) is 2. The van der Waals surface area contributed by atoms with Crippen LogP contribution in [0.15, 0.2) is 48.6 Å². The lowest BCUT2D eigenvalue weighted by Crippen LogP contribution is -2.60. The van der Waals surface area contributed by atoms with Gasteiger partial charge in [0.25, 0.3) is 5.91 Å². The van der Waals surface area contributed by atoms with Crippen LogP contribution in [0.25, 0.3) is 0 Å². The molecule has 1 unspecified atom stereocenters. The van der Waals surface area contributed by atoms with Crippen LogP contribution in [0, 0.1) is 17.8 Å². The minimum absolute atomic E-state index is 0.0915. The van der Waals surface area contributed by atoms with Crippen LogP contribution in [0.2, 0.25) is 0 Å². The summed E-state index contributed by atoms with van der Waals surface area (Å²) in [5, 5.41) is 10.5. The summed E-state index contributed by atoms with van der Waals surface area (Å²) in [5.41, 5.74) is -1.82. The molecule has 38 heavy (non-hydrogen) atoms. The average molecular weight is 525 g/mol. The molecule has 2 fully saturated rings. The number of cyclic esters (lactones) is 1. The van der Waals surface area contributed by atoms with E-state index in [9.17, 15) is 19.5 Å². The Bertz CT molecular complexity index is 1160. The number of carbonyl (C=O) groups excluding carboxylic acids is 3. The summed E-state index contributed by atoms with van der Waals surface area (Å²) >= 11 is 0. The van der Waals surface area contributed by atoms with Crippen molar-refractivity contribution in [3.63, 3.8) is 0 Å². The van der Waals surface area contributed by atoms with Crippen LogP contribution >= 0.6 is 0 Å². The molecular weight excluding hydrogens is 488 g/mol. The van der Waals surface area contributed by atoms with Gasteiger partial charge in [0.1, 0.15) is 35.5 Å². The molecule has 4 aliphatic heterocycles. The molecule has 0 radical (unpaired) electrons. The number of benzene rings is 1. The van der Waals surface area contributed by atoms with E-state index in [0.717, 1.165) is 0 Å². The number of fused-ring (bicyclic) bond motifs is 2. The van der Waals surface area contributed by atoms with Crippen LogP contribution in [-0.4, -0.2) is 77.9 Å². The highest BCUT2D eigenvalue weighted by atomic mass is 16.6. The van der Waals surface area contributed by atoms with Gasteiger partial charge >= 0.3 is 5.97 Å². The highest BCUT2D eigenvalue weighted by molar-refractivity contribution is 6.05. The second-order valence-electron chi connectivity index (χ2n) is 10.6. The SMILES string of the molecule is CC[C@H](C)[C@H](CO)N1C(=O)[C@@H]2[C@H]3C(=O)OCC=C[C@@]3(CC)O[C@@]23C=CCN(c2ccc(OC)cc2)C(=O)C13. The Labute approximate surface area is 223 Å². The number of ether oxygens (including phenoxy) is 3. The van der Waals surface area contributed by atoms with Crippen molar-refractivity contribution in [3.8, 4) is 5.75 Å². The molecule has 4 aliphatic rings. The van der Waals surface area contributed by atoms with Gasteiger partial charge in [-0.3, -0.25) is 14.4 Å². The topological polar surface area (TPSA) is 106 Å². The summed E-state index contributed by atoms with van der Waals surface area (Å²) in [5.74, 6) is -2.49. The molecule has 0 aromatic heterocycles. The molecule has 9 nitrogen and oxygen atoms in total. The van der Waals surface area contributed by atoms with Crippen molar-refractivity contribution < 1.29 is 33.7 Å². The van der Waals surface area contributed by atoms with E-state index in [4.69, 9.17) is 14.2 Å². The molecule has 9 heteroatoms. The van der Waals surface area contributed by atoms with Gasteiger partial charge in [-0.05, 0) is 42.7 Å². The third-order valence-corrected chi connectivity index (χ3v) is 8.86. The van der Waals surface area contributed by atoms with Crippen molar-refractivity contribution in [3.05, 3.63) is 48.6 Å². The maximum absolute atomic E-state index is 14.5. The fourth-order valence-electron chi connectivity index (χ4n) is 6.70. The van der Waals surface area contributed by atoms with Gasteiger partial charge in [-0.15, -0.1) is 0 Å². The molecular formula is C29H36N2O7. The predicted molar refractivity (Wildman–Crippen MR) is 139 cm³/mol. The average Bonchev–Trinajstić information content (AvgIpc) is 3.21. The summed E-state index contributed by atoms with van der Waals surface area (Å²) in [4.78, 5) is 45.4. The number of aliphatic hydroxyl groups excluding tert-OH is 1. The van der Waals surface area contributed by atoms with Crippen molar-refractivity contribution in [1.29, 1.82) is 0 Å². The second kappa shape index (κ2) is 9.85. The number of rotatable bonds is 7. The normalized spacial score (nSPS) is 33.7. The fourth-order valence-corrected chi connectivity index (χ4v) is 6.70. The van der Waals surface area contributed by atoms with Crippen LogP contribution in [0.3, 0.4) is 0 Å². The molecule has 1 aromatic carbocycles. The van der Waals surface area contributed by atoms with Gasteiger partial charge in [0, 0.05) is 12.2 Å². The fraction of sp³-hybridized carbons (Fsp3) is 0.552. The summed E-state index contributed by atoms with van der Waals surface area (Å²) in [6.07, 6.45) is 8.34. The van der Waals surface area contributed by atoms with E-state index in [1.54, 1.807) is 48.4 Å². The van der Waals surface area contributed by atoms with Crippen molar-refractivity contribution in [2.75, 3.05) is 31.8 Å². The van der Waals surface area contributed by atoms with E-state index in [2.05, 4.69) is 0 Å². The van der Waals surface area contributed by atoms with Crippen LogP contribution in [0.4, 0.5) is 5.69 Å². The first-order valence-corrected chi connectivity index (χ1v) is 13.4. The van der Waals surface area contributed by atoms with Crippen molar-refractivity contribution in [2.24, 2.45) is 17.8 Å². The Balaban J connectivity index is 1.68. The second-order valence-corrected chi connectivity index (χ2v) is 10.6. The zero-order valence-electron chi connectivity index (χ0n) is 22.3. The lowest BCUT2D eigenvalue weighted by molar-refractivity contribution is -0.159. The summed E-state index contributed by atoms with van der Waals surface area (Å²) < 4.78 is 17.6. The van der Waals surface area contributed by atoms with Gasteiger partial charge in [-0.2, -0.15) is 0 Å². The lowest BCUT2D eigenvalue weighted by atomic mass is 9.73. The standard InChI is InChI=1S/C29H36N2O7/c1-5-18(3)21(17-32)31-24-26(34)30(19-9-11-20(36-4)12-10-19)15-7-14-29(24)22(25(31)33)23-27(35)37-16-8-13-28(23,6-2)38-29/h7-14,18,21-24,32H,5-6,15-17H2,1-4H3/t18-,21-,22-,23-,24?,28+,29-/m0/s1. The minimum atomic E-state index is -1.39. The van der Waals surface area contributed by atoms with Crippen LogP contribution < -0.4 is 9.64 Å². The van der Waals surface area contributed by atoms with E-state index < -0.39 is 41.1 Å². The Morgan fingerprint density at radius 2 is 1.82 bits per heavy atom. The molecule has 2 amide bonds. The van der Waals surface area contributed by atoms with Gasteiger partial charge in [0.05, 0.1) is 25.7 Å². The van der Waals surface area contributed by atoms with E-state index >= 15 is 0 Å². The van der Waals surface area contributed by atoms with Gasteiger partial charge in [-0.1, -0.05) is 45.4 Å². The predicted octanol–water partition coefficient (Wildman–Crippen LogP) is 2.48. The monoisotopic (exact) mass is 524 g/mol.